The Hall–Kier alpha value is -1.64. The minimum absolute atomic E-state index is 0.333. The highest BCUT2D eigenvalue weighted by Gasteiger charge is 2.23. The SMILES string of the molecule is C=CC=CC(=CC)C(c1ccccc1)N1CCNCC1. The number of hydrogen-bond acceptors (Lipinski definition) is 2. The molecule has 1 heterocycles. The second kappa shape index (κ2) is 7.83. The zero-order chi connectivity index (χ0) is 14.2. The molecule has 1 fully saturated rings. The van der Waals surface area contributed by atoms with Gasteiger partial charge >= 0.3 is 0 Å². The van der Waals surface area contributed by atoms with Gasteiger partial charge in [-0.2, -0.15) is 0 Å². The first-order valence-corrected chi connectivity index (χ1v) is 7.32. The summed E-state index contributed by atoms with van der Waals surface area (Å²) in [5, 5.41) is 3.43. The van der Waals surface area contributed by atoms with Gasteiger partial charge in [0.25, 0.3) is 0 Å². The van der Waals surface area contributed by atoms with E-state index in [4.69, 9.17) is 0 Å². The molecular weight excluding hydrogens is 244 g/mol. The minimum Gasteiger partial charge on any atom is -0.314 e. The third-order valence-corrected chi connectivity index (χ3v) is 3.71. The Morgan fingerprint density at radius 2 is 1.95 bits per heavy atom. The van der Waals surface area contributed by atoms with Crippen LogP contribution in [0.4, 0.5) is 0 Å². The summed E-state index contributed by atoms with van der Waals surface area (Å²) in [7, 11) is 0. The molecular formula is C18H24N2. The van der Waals surface area contributed by atoms with Crippen LogP contribution < -0.4 is 5.32 Å². The summed E-state index contributed by atoms with van der Waals surface area (Å²) in [6.45, 7) is 10.2. The van der Waals surface area contributed by atoms with E-state index in [0.717, 1.165) is 26.2 Å². The van der Waals surface area contributed by atoms with E-state index in [-0.39, 0.29) is 0 Å². The molecule has 1 aromatic rings. The Morgan fingerprint density at radius 1 is 1.25 bits per heavy atom. The van der Waals surface area contributed by atoms with E-state index in [2.05, 4.69) is 66.2 Å². The molecule has 1 atom stereocenters. The van der Waals surface area contributed by atoms with Gasteiger partial charge in [-0.25, -0.2) is 0 Å². The third-order valence-electron chi connectivity index (χ3n) is 3.71. The van der Waals surface area contributed by atoms with E-state index in [1.807, 2.05) is 12.2 Å². The van der Waals surface area contributed by atoms with Crippen molar-refractivity contribution in [2.24, 2.45) is 0 Å². The van der Waals surface area contributed by atoms with E-state index in [1.165, 1.54) is 11.1 Å². The molecule has 1 saturated heterocycles. The van der Waals surface area contributed by atoms with Gasteiger partial charge in [0, 0.05) is 26.2 Å². The van der Waals surface area contributed by atoms with Crippen LogP contribution in [0.5, 0.6) is 0 Å². The number of piperazine rings is 1. The van der Waals surface area contributed by atoms with Crippen LogP contribution in [0, 0.1) is 0 Å². The highest BCUT2D eigenvalue weighted by Crippen LogP contribution is 2.29. The van der Waals surface area contributed by atoms with Crippen molar-refractivity contribution in [2.75, 3.05) is 26.2 Å². The zero-order valence-electron chi connectivity index (χ0n) is 12.3. The maximum absolute atomic E-state index is 3.77. The highest BCUT2D eigenvalue weighted by atomic mass is 15.2. The summed E-state index contributed by atoms with van der Waals surface area (Å²) in [4.78, 5) is 2.55. The number of benzene rings is 1. The zero-order valence-corrected chi connectivity index (χ0v) is 12.3. The molecule has 1 unspecified atom stereocenters. The minimum atomic E-state index is 0.333. The van der Waals surface area contributed by atoms with Crippen LogP contribution in [0.25, 0.3) is 0 Å². The first kappa shape index (κ1) is 14.8. The number of nitrogens with zero attached hydrogens (tertiary/aromatic N) is 1. The Kier molecular flexibility index (Phi) is 5.78. The van der Waals surface area contributed by atoms with E-state index < -0.39 is 0 Å². The van der Waals surface area contributed by atoms with Crippen LogP contribution in [0.15, 0.2) is 66.8 Å². The van der Waals surface area contributed by atoms with Gasteiger partial charge in [0.15, 0.2) is 0 Å². The molecule has 0 bridgehead atoms. The summed E-state index contributed by atoms with van der Waals surface area (Å²) >= 11 is 0. The molecule has 0 amide bonds. The first-order valence-electron chi connectivity index (χ1n) is 7.32. The fourth-order valence-electron chi connectivity index (χ4n) is 2.71. The van der Waals surface area contributed by atoms with Gasteiger partial charge in [0.1, 0.15) is 0 Å². The number of nitrogens with one attached hydrogen (secondary N) is 1. The van der Waals surface area contributed by atoms with Crippen LogP contribution in [0.2, 0.25) is 0 Å². The summed E-state index contributed by atoms with van der Waals surface area (Å²) < 4.78 is 0. The second-order valence-corrected chi connectivity index (χ2v) is 4.98. The first-order chi connectivity index (χ1) is 9.86. The van der Waals surface area contributed by atoms with Crippen molar-refractivity contribution in [1.82, 2.24) is 10.2 Å². The quantitative estimate of drug-likeness (QED) is 0.824. The second-order valence-electron chi connectivity index (χ2n) is 4.98. The number of hydrogen-bond donors (Lipinski definition) is 1. The number of allylic oxidation sites excluding steroid dienone is 3. The average molecular weight is 268 g/mol. The van der Waals surface area contributed by atoms with Crippen molar-refractivity contribution >= 4 is 0 Å². The van der Waals surface area contributed by atoms with E-state index in [0.29, 0.717) is 6.04 Å². The van der Waals surface area contributed by atoms with Crippen LogP contribution in [-0.4, -0.2) is 31.1 Å². The lowest BCUT2D eigenvalue weighted by Crippen LogP contribution is -2.45. The smallest absolute Gasteiger partial charge is 0.0599 e. The molecule has 0 radical (unpaired) electrons. The highest BCUT2D eigenvalue weighted by molar-refractivity contribution is 5.35. The molecule has 2 nitrogen and oxygen atoms in total. The van der Waals surface area contributed by atoms with E-state index in [1.54, 1.807) is 0 Å². The van der Waals surface area contributed by atoms with Crippen molar-refractivity contribution < 1.29 is 0 Å². The van der Waals surface area contributed by atoms with Crippen molar-refractivity contribution in [1.29, 1.82) is 0 Å². The molecule has 0 aromatic heterocycles. The van der Waals surface area contributed by atoms with E-state index in [9.17, 15) is 0 Å². The van der Waals surface area contributed by atoms with Gasteiger partial charge in [-0.05, 0) is 18.1 Å². The third kappa shape index (κ3) is 3.69. The summed E-state index contributed by atoms with van der Waals surface area (Å²) in [5.41, 5.74) is 2.69. The van der Waals surface area contributed by atoms with Crippen molar-refractivity contribution in [3.05, 3.63) is 72.4 Å². The lowest BCUT2D eigenvalue weighted by Gasteiger charge is -2.36. The van der Waals surface area contributed by atoms with Gasteiger partial charge in [-0.3, -0.25) is 4.90 Å². The molecule has 1 aromatic carbocycles. The lowest BCUT2D eigenvalue weighted by atomic mass is 9.95. The van der Waals surface area contributed by atoms with Gasteiger partial charge in [-0.1, -0.05) is 61.2 Å². The maximum Gasteiger partial charge on any atom is 0.0599 e. The Morgan fingerprint density at radius 3 is 2.55 bits per heavy atom. The Balaban J connectivity index is 2.32. The fraction of sp³-hybridized carbons (Fsp3) is 0.333. The largest absolute Gasteiger partial charge is 0.314 e. The Labute approximate surface area is 122 Å². The Bertz CT molecular complexity index is 467. The molecule has 1 aliphatic rings. The van der Waals surface area contributed by atoms with Crippen molar-refractivity contribution in [2.45, 2.75) is 13.0 Å². The van der Waals surface area contributed by atoms with Gasteiger partial charge in [0.2, 0.25) is 0 Å². The average Bonchev–Trinajstić information content (AvgIpc) is 2.53. The van der Waals surface area contributed by atoms with Crippen LogP contribution in [0.1, 0.15) is 18.5 Å². The van der Waals surface area contributed by atoms with Crippen LogP contribution in [-0.2, 0) is 0 Å². The molecule has 0 saturated carbocycles. The normalized spacial score (nSPS) is 19.1. The van der Waals surface area contributed by atoms with Crippen molar-refractivity contribution in [3.8, 4) is 0 Å². The predicted molar refractivity (Wildman–Crippen MR) is 86.7 cm³/mol. The van der Waals surface area contributed by atoms with Gasteiger partial charge in [-0.15, -0.1) is 0 Å². The summed E-state index contributed by atoms with van der Waals surface area (Å²) in [6.07, 6.45) is 8.24. The van der Waals surface area contributed by atoms with Gasteiger partial charge in [0.05, 0.1) is 6.04 Å². The monoisotopic (exact) mass is 268 g/mol. The molecule has 1 aliphatic heterocycles. The van der Waals surface area contributed by atoms with Crippen LogP contribution >= 0.6 is 0 Å². The lowest BCUT2D eigenvalue weighted by molar-refractivity contribution is 0.198. The summed E-state index contributed by atoms with van der Waals surface area (Å²) in [6, 6.07) is 11.1. The predicted octanol–water partition coefficient (Wildman–Crippen LogP) is 3.32. The topological polar surface area (TPSA) is 15.3 Å². The van der Waals surface area contributed by atoms with E-state index >= 15 is 0 Å². The molecule has 106 valence electrons. The fourth-order valence-corrected chi connectivity index (χ4v) is 2.71. The molecule has 20 heavy (non-hydrogen) atoms. The molecule has 0 aliphatic carbocycles. The van der Waals surface area contributed by atoms with Crippen molar-refractivity contribution in [3.63, 3.8) is 0 Å². The standard InChI is InChI=1S/C18H24N2/c1-3-5-9-16(4-2)18(17-10-7-6-8-11-17)20-14-12-19-13-15-20/h3-11,18-19H,1,12-15H2,2H3. The number of rotatable bonds is 5. The maximum atomic E-state index is 3.77. The molecule has 2 heteroatoms. The molecule has 2 rings (SSSR count). The van der Waals surface area contributed by atoms with Crippen LogP contribution in [0.3, 0.4) is 0 Å². The molecule has 1 N–H and O–H groups in total. The van der Waals surface area contributed by atoms with Gasteiger partial charge < -0.3 is 5.32 Å². The molecule has 0 spiro atoms. The summed E-state index contributed by atoms with van der Waals surface area (Å²) in [5.74, 6) is 0.